The number of nitrogens with two attached hydrogens (primary N) is 2. The van der Waals surface area contributed by atoms with Gasteiger partial charge in [0.05, 0.1) is 6.54 Å². The molecule has 0 saturated heterocycles. The second kappa shape index (κ2) is 10.2. The molecule has 0 radical (unpaired) electrons. The summed E-state index contributed by atoms with van der Waals surface area (Å²) >= 11 is 0. The van der Waals surface area contributed by atoms with Gasteiger partial charge in [-0.2, -0.15) is 13.9 Å². The number of hydrazine groups is 1. The maximum atomic E-state index is 15.8. The normalized spacial score (nSPS) is 13.1. The van der Waals surface area contributed by atoms with E-state index in [2.05, 4.69) is 27.1 Å². The van der Waals surface area contributed by atoms with E-state index in [4.69, 9.17) is 11.7 Å². The average molecular weight is 486 g/mol. The number of hydrogen-bond acceptors (Lipinski definition) is 7. The summed E-state index contributed by atoms with van der Waals surface area (Å²) < 4.78 is 59.7. The fourth-order valence-corrected chi connectivity index (χ4v) is 3.26. The SMILES string of the molecule is N/N=C\N(N)CC(N=O)(c1ccc(F)cc1F)C(F)(F)c1ccc(C#Cc2ccc(O)cc2)cn1. The number of phenolic OH excluding ortho intramolecular Hbond substituents is 1. The van der Waals surface area contributed by atoms with E-state index in [1.54, 1.807) is 12.1 Å². The largest absolute Gasteiger partial charge is 0.508 e. The summed E-state index contributed by atoms with van der Waals surface area (Å²) in [5.74, 6) is 9.42. The van der Waals surface area contributed by atoms with Crippen LogP contribution in [0.25, 0.3) is 0 Å². The fraction of sp³-hybridized carbons (Fsp3) is 0.130. The van der Waals surface area contributed by atoms with Crippen LogP contribution in [0.2, 0.25) is 0 Å². The molecule has 0 saturated carbocycles. The molecule has 35 heavy (non-hydrogen) atoms. The molecule has 3 aromatic rings. The van der Waals surface area contributed by atoms with Crippen molar-refractivity contribution in [3.05, 3.63) is 99.7 Å². The molecule has 0 aliphatic rings. The molecule has 1 atom stereocenters. The number of pyridine rings is 1. The molecule has 3 rings (SSSR count). The van der Waals surface area contributed by atoms with Crippen molar-refractivity contribution in [1.82, 2.24) is 9.99 Å². The van der Waals surface area contributed by atoms with Crippen LogP contribution >= 0.6 is 0 Å². The number of alkyl halides is 2. The van der Waals surface area contributed by atoms with Crippen molar-refractivity contribution in [2.75, 3.05) is 6.54 Å². The van der Waals surface area contributed by atoms with Crippen LogP contribution in [0.4, 0.5) is 17.6 Å². The zero-order valence-electron chi connectivity index (χ0n) is 17.9. The quantitative estimate of drug-likeness (QED) is 0.0894. The molecule has 1 unspecified atom stereocenters. The average Bonchev–Trinajstić information content (AvgIpc) is 2.83. The van der Waals surface area contributed by atoms with Gasteiger partial charge < -0.3 is 10.9 Å². The zero-order valence-corrected chi connectivity index (χ0v) is 17.9. The Kier molecular flexibility index (Phi) is 7.31. The number of phenols is 1. The molecule has 0 aliphatic carbocycles. The Bertz CT molecular complexity index is 1290. The van der Waals surface area contributed by atoms with Gasteiger partial charge in [-0.15, -0.1) is 4.91 Å². The Labute approximate surface area is 196 Å². The zero-order chi connectivity index (χ0) is 25.6. The van der Waals surface area contributed by atoms with Crippen LogP contribution in [0, 0.1) is 28.4 Å². The predicted octanol–water partition coefficient (Wildman–Crippen LogP) is 3.30. The molecule has 12 heteroatoms. The summed E-state index contributed by atoms with van der Waals surface area (Å²) in [6.07, 6.45) is 1.77. The molecule has 0 aliphatic heterocycles. The lowest BCUT2D eigenvalue weighted by Crippen LogP contribution is -2.52. The van der Waals surface area contributed by atoms with E-state index in [1.165, 1.54) is 18.2 Å². The first-order valence-corrected chi connectivity index (χ1v) is 9.83. The van der Waals surface area contributed by atoms with Gasteiger partial charge in [0.15, 0.2) is 0 Å². The summed E-state index contributed by atoms with van der Waals surface area (Å²) in [5.41, 5.74) is -4.21. The smallest absolute Gasteiger partial charge is 0.323 e. The number of nitrogens with zero attached hydrogens (tertiary/aromatic N) is 4. The number of aromatic hydroxyl groups is 1. The maximum absolute atomic E-state index is 15.8. The summed E-state index contributed by atoms with van der Waals surface area (Å²) in [7, 11) is 0. The lowest BCUT2D eigenvalue weighted by atomic mass is 9.81. The van der Waals surface area contributed by atoms with E-state index in [-0.39, 0.29) is 11.3 Å². The molecular weight excluding hydrogens is 468 g/mol. The van der Waals surface area contributed by atoms with Crippen molar-refractivity contribution in [2.45, 2.75) is 11.5 Å². The van der Waals surface area contributed by atoms with E-state index in [9.17, 15) is 18.8 Å². The van der Waals surface area contributed by atoms with Crippen molar-refractivity contribution >= 4 is 6.34 Å². The predicted molar refractivity (Wildman–Crippen MR) is 120 cm³/mol. The van der Waals surface area contributed by atoms with Crippen molar-refractivity contribution in [3.8, 4) is 17.6 Å². The van der Waals surface area contributed by atoms with E-state index >= 15 is 8.78 Å². The summed E-state index contributed by atoms with van der Waals surface area (Å²) in [5, 5.41) is 15.5. The Morgan fingerprint density at radius 3 is 2.29 bits per heavy atom. The highest BCUT2D eigenvalue weighted by molar-refractivity contribution is 5.54. The molecule has 180 valence electrons. The number of aromatic nitrogens is 1. The fourth-order valence-electron chi connectivity index (χ4n) is 3.26. The number of halogens is 4. The first-order valence-electron chi connectivity index (χ1n) is 9.83. The number of benzene rings is 2. The van der Waals surface area contributed by atoms with Crippen LogP contribution in [0.3, 0.4) is 0 Å². The maximum Gasteiger partial charge on any atom is 0.323 e. The highest BCUT2D eigenvalue weighted by Gasteiger charge is 2.61. The molecular formula is C23H18F4N6O2. The van der Waals surface area contributed by atoms with Crippen LogP contribution in [-0.2, 0) is 11.5 Å². The number of nitroso groups, excluding NO2 is 1. The van der Waals surface area contributed by atoms with Crippen molar-refractivity contribution in [3.63, 3.8) is 0 Å². The third kappa shape index (κ3) is 5.20. The molecule has 8 nitrogen and oxygen atoms in total. The lowest BCUT2D eigenvalue weighted by molar-refractivity contribution is -0.0958. The van der Waals surface area contributed by atoms with Crippen LogP contribution in [-0.4, -0.2) is 28.0 Å². The minimum atomic E-state index is -4.23. The molecule has 0 amide bonds. The van der Waals surface area contributed by atoms with Gasteiger partial charge in [-0.25, -0.2) is 14.6 Å². The molecule has 1 heterocycles. The van der Waals surface area contributed by atoms with Gasteiger partial charge in [0.1, 0.15) is 29.4 Å². The van der Waals surface area contributed by atoms with E-state index in [0.29, 0.717) is 28.8 Å². The van der Waals surface area contributed by atoms with Crippen LogP contribution in [0.1, 0.15) is 22.4 Å². The van der Waals surface area contributed by atoms with Crippen LogP contribution < -0.4 is 11.7 Å². The molecule has 2 aromatic carbocycles. The van der Waals surface area contributed by atoms with Crippen molar-refractivity contribution in [1.29, 1.82) is 0 Å². The van der Waals surface area contributed by atoms with E-state index < -0.39 is 40.9 Å². The van der Waals surface area contributed by atoms with Gasteiger partial charge in [-0.3, -0.25) is 9.99 Å². The number of rotatable bonds is 7. The van der Waals surface area contributed by atoms with Gasteiger partial charge >= 0.3 is 5.92 Å². The van der Waals surface area contributed by atoms with E-state index in [0.717, 1.165) is 18.6 Å². The Morgan fingerprint density at radius 2 is 1.71 bits per heavy atom. The first kappa shape index (κ1) is 25.1. The van der Waals surface area contributed by atoms with Gasteiger partial charge in [0.2, 0.25) is 5.54 Å². The standard InChI is InChI=1S/C23H18F4N6O2/c24-17-6-9-19(20(25)11-17)22(32-35,13-33(29)14-31-28)23(26,27)21-10-5-16(12-30-21)2-1-15-3-7-18(34)8-4-15/h3-12,14,34H,13,28-29H2/b31-14-. The van der Waals surface area contributed by atoms with Crippen molar-refractivity contribution < 1.29 is 22.7 Å². The minimum absolute atomic E-state index is 0.0578. The molecule has 1 aromatic heterocycles. The Hall–Kier alpha value is -4.50. The molecule has 5 N–H and O–H groups in total. The van der Waals surface area contributed by atoms with E-state index in [1.807, 2.05) is 0 Å². The van der Waals surface area contributed by atoms with Crippen LogP contribution in [0.5, 0.6) is 5.75 Å². The topological polar surface area (TPSA) is 130 Å². The third-order valence-electron chi connectivity index (χ3n) is 4.98. The highest BCUT2D eigenvalue weighted by Crippen LogP contribution is 2.48. The molecule has 0 bridgehead atoms. The monoisotopic (exact) mass is 486 g/mol. The van der Waals surface area contributed by atoms with Gasteiger partial charge in [-0.1, -0.05) is 17.9 Å². The lowest BCUT2D eigenvalue weighted by Gasteiger charge is -2.36. The minimum Gasteiger partial charge on any atom is -0.508 e. The summed E-state index contributed by atoms with van der Waals surface area (Å²) in [6.45, 7) is -1.07. The molecule has 0 fully saturated rings. The van der Waals surface area contributed by atoms with Gasteiger partial charge in [0, 0.05) is 29.0 Å². The Balaban J connectivity index is 2.05. The second-order valence-corrected chi connectivity index (χ2v) is 7.32. The summed E-state index contributed by atoms with van der Waals surface area (Å²) in [4.78, 5) is 15.7. The Morgan fingerprint density at radius 1 is 1.06 bits per heavy atom. The number of hydrazone groups is 1. The second-order valence-electron chi connectivity index (χ2n) is 7.32. The molecule has 0 spiro atoms. The van der Waals surface area contributed by atoms with Gasteiger partial charge in [-0.05, 0) is 47.6 Å². The highest BCUT2D eigenvalue weighted by atomic mass is 19.3. The van der Waals surface area contributed by atoms with Gasteiger partial charge in [0.25, 0.3) is 0 Å². The number of hydrogen-bond donors (Lipinski definition) is 3. The first-order chi connectivity index (χ1) is 16.6. The van der Waals surface area contributed by atoms with Crippen LogP contribution in [0.15, 0.2) is 71.1 Å². The van der Waals surface area contributed by atoms with Crippen molar-refractivity contribution in [2.24, 2.45) is 22.0 Å². The third-order valence-corrected chi connectivity index (χ3v) is 4.98. The summed E-state index contributed by atoms with van der Waals surface area (Å²) in [6, 6.07) is 9.85.